The molecule has 94 valence electrons. The standard InChI is InChI=1S/C14H14ClNO2/c1-10(11-5-3-2-4-6-11)8-16-9-12(15)7-13(16)14(17)18/h2-7,9-10H,8H2,1H3,(H,17,18). The third kappa shape index (κ3) is 2.74. The second kappa shape index (κ2) is 5.27. The van der Waals surface area contributed by atoms with Crippen LogP contribution in [0.4, 0.5) is 0 Å². The Morgan fingerprint density at radius 1 is 1.39 bits per heavy atom. The summed E-state index contributed by atoms with van der Waals surface area (Å²) in [6.45, 7) is 2.66. The first-order valence-corrected chi connectivity index (χ1v) is 6.09. The molecule has 0 aliphatic heterocycles. The van der Waals surface area contributed by atoms with Crippen molar-refractivity contribution in [1.82, 2.24) is 4.57 Å². The predicted molar refractivity (Wildman–Crippen MR) is 71.3 cm³/mol. The number of hydrogen-bond donors (Lipinski definition) is 1. The van der Waals surface area contributed by atoms with Gasteiger partial charge in [0, 0.05) is 12.7 Å². The van der Waals surface area contributed by atoms with Gasteiger partial charge in [-0.2, -0.15) is 0 Å². The molecule has 1 aromatic heterocycles. The molecule has 4 heteroatoms. The summed E-state index contributed by atoms with van der Waals surface area (Å²) in [5, 5.41) is 9.53. The molecule has 0 aliphatic carbocycles. The van der Waals surface area contributed by atoms with Gasteiger partial charge in [0.15, 0.2) is 0 Å². The fraction of sp³-hybridized carbons (Fsp3) is 0.214. The van der Waals surface area contributed by atoms with Gasteiger partial charge in [-0.1, -0.05) is 48.9 Å². The lowest BCUT2D eigenvalue weighted by Gasteiger charge is -2.14. The van der Waals surface area contributed by atoms with Crippen molar-refractivity contribution in [3.8, 4) is 0 Å². The number of aromatic carboxylic acids is 1. The van der Waals surface area contributed by atoms with Gasteiger partial charge >= 0.3 is 5.97 Å². The van der Waals surface area contributed by atoms with Crippen LogP contribution in [0, 0.1) is 0 Å². The van der Waals surface area contributed by atoms with Crippen molar-refractivity contribution in [1.29, 1.82) is 0 Å². The molecule has 0 bridgehead atoms. The van der Waals surface area contributed by atoms with E-state index in [1.165, 1.54) is 11.6 Å². The molecule has 0 aliphatic rings. The third-order valence-electron chi connectivity index (χ3n) is 2.92. The van der Waals surface area contributed by atoms with Crippen LogP contribution in [0.3, 0.4) is 0 Å². The van der Waals surface area contributed by atoms with E-state index >= 15 is 0 Å². The topological polar surface area (TPSA) is 42.2 Å². The van der Waals surface area contributed by atoms with Gasteiger partial charge in [0.25, 0.3) is 0 Å². The van der Waals surface area contributed by atoms with Gasteiger partial charge in [-0.3, -0.25) is 0 Å². The van der Waals surface area contributed by atoms with Crippen molar-refractivity contribution in [2.45, 2.75) is 19.4 Å². The molecule has 0 saturated carbocycles. The van der Waals surface area contributed by atoms with Gasteiger partial charge in [-0.25, -0.2) is 4.79 Å². The fourth-order valence-electron chi connectivity index (χ4n) is 1.99. The Hall–Kier alpha value is -1.74. The zero-order valence-electron chi connectivity index (χ0n) is 10.0. The minimum absolute atomic E-state index is 0.225. The monoisotopic (exact) mass is 263 g/mol. The van der Waals surface area contributed by atoms with Gasteiger partial charge in [0.2, 0.25) is 0 Å². The highest BCUT2D eigenvalue weighted by atomic mass is 35.5. The third-order valence-corrected chi connectivity index (χ3v) is 3.13. The average molecular weight is 264 g/mol. The number of carboxylic acid groups (broad SMARTS) is 1. The number of halogens is 1. The number of benzene rings is 1. The minimum atomic E-state index is -0.956. The van der Waals surface area contributed by atoms with E-state index < -0.39 is 5.97 Å². The number of aromatic nitrogens is 1. The summed E-state index contributed by atoms with van der Waals surface area (Å²) in [6.07, 6.45) is 1.66. The first kappa shape index (κ1) is 12.7. The molecule has 1 unspecified atom stereocenters. The average Bonchev–Trinajstić information content (AvgIpc) is 2.71. The molecule has 1 atom stereocenters. The lowest BCUT2D eigenvalue weighted by atomic mass is 10.0. The second-order valence-corrected chi connectivity index (χ2v) is 4.75. The van der Waals surface area contributed by atoms with E-state index in [-0.39, 0.29) is 11.6 Å². The van der Waals surface area contributed by atoms with E-state index in [1.54, 1.807) is 10.8 Å². The quantitative estimate of drug-likeness (QED) is 0.915. The molecule has 0 spiro atoms. The van der Waals surface area contributed by atoms with Crippen molar-refractivity contribution in [3.63, 3.8) is 0 Å². The Balaban J connectivity index is 2.22. The Labute approximate surface area is 111 Å². The molecule has 0 radical (unpaired) electrons. The van der Waals surface area contributed by atoms with Gasteiger partial charge in [0.05, 0.1) is 5.02 Å². The van der Waals surface area contributed by atoms with Crippen molar-refractivity contribution in [3.05, 3.63) is 58.9 Å². The minimum Gasteiger partial charge on any atom is -0.477 e. The number of carbonyl (C=O) groups is 1. The summed E-state index contributed by atoms with van der Waals surface area (Å²) < 4.78 is 1.68. The Kier molecular flexibility index (Phi) is 3.72. The second-order valence-electron chi connectivity index (χ2n) is 4.31. The van der Waals surface area contributed by atoms with Crippen LogP contribution < -0.4 is 0 Å². The van der Waals surface area contributed by atoms with Crippen LogP contribution >= 0.6 is 11.6 Å². The first-order chi connectivity index (χ1) is 8.58. The van der Waals surface area contributed by atoms with Gasteiger partial charge < -0.3 is 9.67 Å². The first-order valence-electron chi connectivity index (χ1n) is 5.72. The number of rotatable bonds is 4. The van der Waals surface area contributed by atoms with Crippen LogP contribution in [0.1, 0.15) is 28.9 Å². The highest BCUT2D eigenvalue weighted by molar-refractivity contribution is 6.30. The zero-order valence-corrected chi connectivity index (χ0v) is 10.8. The molecule has 0 fully saturated rings. The van der Waals surface area contributed by atoms with Crippen LogP contribution in [0.25, 0.3) is 0 Å². The molecule has 1 N–H and O–H groups in total. The summed E-state index contributed by atoms with van der Waals surface area (Å²) in [6, 6.07) is 11.5. The summed E-state index contributed by atoms with van der Waals surface area (Å²) in [7, 11) is 0. The maximum atomic E-state index is 11.1. The molecule has 0 saturated heterocycles. The molecule has 1 aromatic carbocycles. The summed E-state index contributed by atoms with van der Waals surface area (Å²) >= 11 is 5.85. The lowest BCUT2D eigenvalue weighted by Crippen LogP contribution is -2.11. The molecule has 2 rings (SSSR count). The summed E-state index contributed by atoms with van der Waals surface area (Å²) in [5.41, 5.74) is 1.40. The predicted octanol–water partition coefficient (Wildman–Crippen LogP) is 3.64. The maximum Gasteiger partial charge on any atom is 0.352 e. The van der Waals surface area contributed by atoms with Crippen LogP contribution in [-0.2, 0) is 6.54 Å². The van der Waals surface area contributed by atoms with Crippen LogP contribution in [-0.4, -0.2) is 15.6 Å². The molecule has 0 amide bonds. The molecule has 18 heavy (non-hydrogen) atoms. The molecule has 3 nitrogen and oxygen atoms in total. The van der Waals surface area contributed by atoms with Crippen molar-refractivity contribution in [2.24, 2.45) is 0 Å². The van der Waals surface area contributed by atoms with Crippen molar-refractivity contribution >= 4 is 17.6 Å². The maximum absolute atomic E-state index is 11.1. The Bertz CT molecular complexity index is 548. The number of carboxylic acids is 1. The van der Waals surface area contributed by atoms with E-state index in [1.807, 2.05) is 30.3 Å². The lowest BCUT2D eigenvalue weighted by molar-refractivity contribution is 0.0684. The highest BCUT2D eigenvalue weighted by Crippen LogP contribution is 2.21. The molecule has 1 heterocycles. The highest BCUT2D eigenvalue weighted by Gasteiger charge is 2.14. The van der Waals surface area contributed by atoms with E-state index in [0.717, 1.165) is 0 Å². The van der Waals surface area contributed by atoms with Gasteiger partial charge in [-0.05, 0) is 17.5 Å². The van der Waals surface area contributed by atoms with Gasteiger partial charge in [-0.15, -0.1) is 0 Å². The van der Waals surface area contributed by atoms with E-state index in [0.29, 0.717) is 11.6 Å². The van der Waals surface area contributed by atoms with Crippen LogP contribution in [0.5, 0.6) is 0 Å². The Morgan fingerprint density at radius 3 is 2.67 bits per heavy atom. The number of nitrogens with zero attached hydrogens (tertiary/aromatic N) is 1. The fourth-order valence-corrected chi connectivity index (χ4v) is 2.21. The summed E-state index contributed by atoms with van der Waals surface area (Å²) in [4.78, 5) is 11.1. The van der Waals surface area contributed by atoms with E-state index in [4.69, 9.17) is 16.7 Å². The normalized spacial score (nSPS) is 12.3. The Morgan fingerprint density at radius 2 is 2.06 bits per heavy atom. The van der Waals surface area contributed by atoms with Crippen LogP contribution in [0.2, 0.25) is 5.02 Å². The molecular weight excluding hydrogens is 250 g/mol. The molecular formula is C14H14ClNO2. The smallest absolute Gasteiger partial charge is 0.352 e. The zero-order chi connectivity index (χ0) is 13.1. The van der Waals surface area contributed by atoms with E-state index in [9.17, 15) is 4.79 Å². The summed E-state index contributed by atoms with van der Waals surface area (Å²) in [5.74, 6) is -0.727. The number of hydrogen-bond acceptors (Lipinski definition) is 1. The van der Waals surface area contributed by atoms with Crippen molar-refractivity contribution < 1.29 is 9.90 Å². The largest absolute Gasteiger partial charge is 0.477 e. The SMILES string of the molecule is CC(Cn1cc(Cl)cc1C(=O)O)c1ccccc1. The molecule has 2 aromatic rings. The van der Waals surface area contributed by atoms with Gasteiger partial charge in [0.1, 0.15) is 5.69 Å². The van der Waals surface area contributed by atoms with E-state index in [2.05, 4.69) is 6.92 Å². The van der Waals surface area contributed by atoms with Crippen LogP contribution in [0.15, 0.2) is 42.6 Å². The van der Waals surface area contributed by atoms with Crippen molar-refractivity contribution in [2.75, 3.05) is 0 Å².